The zero-order valence-corrected chi connectivity index (χ0v) is 27.0. The third-order valence-electron chi connectivity index (χ3n) is 13.3. The van der Waals surface area contributed by atoms with Crippen LogP contribution in [0, 0.1) is 50.2 Å². The van der Waals surface area contributed by atoms with Crippen molar-refractivity contribution in [2.75, 3.05) is 6.61 Å². The maximum Gasteiger partial charge on any atom is 0.303 e. The van der Waals surface area contributed by atoms with Crippen molar-refractivity contribution in [3.63, 3.8) is 0 Å². The predicted molar refractivity (Wildman–Crippen MR) is 156 cm³/mol. The molecule has 4 fully saturated rings. The van der Waals surface area contributed by atoms with E-state index in [-0.39, 0.29) is 76.3 Å². The van der Waals surface area contributed by atoms with Crippen LogP contribution in [-0.4, -0.2) is 41.5 Å². The molecule has 1 N–H and O–H groups in total. The highest BCUT2D eigenvalue weighted by Crippen LogP contribution is 2.72. The van der Waals surface area contributed by atoms with Gasteiger partial charge in [-0.15, -0.1) is 0 Å². The Morgan fingerprint density at radius 3 is 2.07 bits per heavy atom. The third kappa shape index (κ3) is 5.15. The number of fused-ring (bicyclic) bond motifs is 2. The molecule has 0 aromatic carbocycles. The second-order valence-electron chi connectivity index (χ2n) is 16.4. The standard InChI is InChI=1S/C34H54O7/c1-21(35)40-20-34-16-14-29(3,4)19-23(34)28(39)33(9,15-17-34)32(8)13-10-24-30(5,6)26(41-22(2)36)11-12-31(24,7)25(32)18-27(37)38/h23-26H,10-20H2,1-9H3,(H,37,38)/t23?,24-,25+,26-,31-,32+,33+,34+/m0/s1. The van der Waals surface area contributed by atoms with Gasteiger partial charge in [0.2, 0.25) is 0 Å². The highest BCUT2D eigenvalue weighted by molar-refractivity contribution is 5.89. The number of esters is 2. The number of carboxylic acid groups (broad SMARTS) is 1. The van der Waals surface area contributed by atoms with Gasteiger partial charge in [0, 0.05) is 42.4 Å². The molecule has 0 aromatic rings. The summed E-state index contributed by atoms with van der Waals surface area (Å²) in [5.74, 6) is -1.40. The minimum absolute atomic E-state index is 0.0163. The Morgan fingerprint density at radius 1 is 0.854 bits per heavy atom. The summed E-state index contributed by atoms with van der Waals surface area (Å²) in [4.78, 5) is 51.3. The van der Waals surface area contributed by atoms with Crippen LogP contribution in [0.1, 0.15) is 127 Å². The number of Topliss-reactive ketones (excluding diaryl/α,β-unsaturated/α-hetero) is 1. The van der Waals surface area contributed by atoms with Gasteiger partial charge in [0.25, 0.3) is 0 Å². The number of rotatable bonds is 6. The molecule has 0 aromatic heterocycles. The first-order valence-corrected chi connectivity index (χ1v) is 15.8. The van der Waals surface area contributed by atoms with Crippen molar-refractivity contribution < 1.29 is 33.8 Å². The summed E-state index contributed by atoms with van der Waals surface area (Å²) in [6.45, 7) is 18.6. The summed E-state index contributed by atoms with van der Waals surface area (Å²) in [6.07, 6.45) is 7.01. The highest BCUT2D eigenvalue weighted by atomic mass is 16.5. The Hall–Kier alpha value is -1.92. The first-order chi connectivity index (χ1) is 18.7. The van der Waals surface area contributed by atoms with Crippen LogP contribution in [0.3, 0.4) is 0 Å². The lowest BCUT2D eigenvalue weighted by molar-refractivity contribution is -0.219. The molecular weight excluding hydrogens is 520 g/mol. The average molecular weight is 575 g/mol. The van der Waals surface area contributed by atoms with Crippen molar-refractivity contribution in [3.05, 3.63) is 0 Å². The molecule has 0 spiro atoms. The predicted octanol–water partition coefficient (Wildman–Crippen LogP) is 7.00. The van der Waals surface area contributed by atoms with Gasteiger partial charge in [-0.25, -0.2) is 0 Å². The molecule has 4 aliphatic carbocycles. The van der Waals surface area contributed by atoms with Crippen molar-refractivity contribution in [1.82, 2.24) is 0 Å². The van der Waals surface area contributed by atoms with Gasteiger partial charge in [0.05, 0.1) is 6.61 Å². The number of carbonyl (C=O) groups is 4. The summed E-state index contributed by atoms with van der Waals surface area (Å²) in [6, 6.07) is 0. The fourth-order valence-corrected chi connectivity index (χ4v) is 10.6. The zero-order chi connectivity index (χ0) is 30.8. The molecule has 41 heavy (non-hydrogen) atoms. The van der Waals surface area contributed by atoms with Crippen LogP contribution in [-0.2, 0) is 28.7 Å². The molecule has 0 amide bonds. The Bertz CT molecular complexity index is 1090. The summed E-state index contributed by atoms with van der Waals surface area (Å²) in [5.41, 5.74) is -2.14. The molecule has 232 valence electrons. The Labute approximate surface area is 246 Å². The summed E-state index contributed by atoms with van der Waals surface area (Å²) in [7, 11) is 0. The molecule has 0 saturated heterocycles. The van der Waals surface area contributed by atoms with Crippen molar-refractivity contribution in [3.8, 4) is 0 Å². The minimum Gasteiger partial charge on any atom is -0.481 e. The van der Waals surface area contributed by atoms with Crippen molar-refractivity contribution in [2.45, 2.75) is 133 Å². The zero-order valence-electron chi connectivity index (χ0n) is 27.0. The quantitative estimate of drug-likeness (QED) is 0.341. The Morgan fingerprint density at radius 2 is 1.49 bits per heavy atom. The van der Waals surface area contributed by atoms with E-state index in [1.807, 2.05) is 0 Å². The molecule has 0 radical (unpaired) electrons. The minimum atomic E-state index is -0.821. The number of hydrogen-bond donors (Lipinski definition) is 1. The number of ether oxygens (including phenoxy) is 2. The first-order valence-electron chi connectivity index (χ1n) is 15.8. The Balaban J connectivity index is 1.76. The second-order valence-corrected chi connectivity index (χ2v) is 16.4. The fraction of sp³-hybridized carbons (Fsp3) is 0.882. The summed E-state index contributed by atoms with van der Waals surface area (Å²) in [5, 5.41) is 10.3. The van der Waals surface area contributed by atoms with Gasteiger partial charge in [0.1, 0.15) is 11.9 Å². The molecule has 0 aliphatic heterocycles. The highest BCUT2D eigenvalue weighted by Gasteiger charge is 2.69. The SMILES string of the molecule is CC(=O)OC[C@]12CCC(C)(C)CC1C(=O)[C@](C)([C@]1(C)CC[C@H]3C(C)(C)[C@@H](OC(C)=O)CC[C@]3(C)[C@H]1CC(=O)O)CC2. The van der Waals surface area contributed by atoms with Gasteiger partial charge in [-0.1, -0.05) is 48.5 Å². The maximum atomic E-state index is 15.0. The third-order valence-corrected chi connectivity index (χ3v) is 13.3. The van der Waals surface area contributed by atoms with E-state index in [2.05, 4.69) is 48.5 Å². The van der Waals surface area contributed by atoms with Crippen LogP contribution < -0.4 is 0 Å². The fourth-order valence-electron chi connectivity index (χ4n) is 10.6. The molecule has 7 nitrogen and oxygen atoms in total. The van der Waals surface area contributed by atoms with E-state index in [0.717, 1.165) is 44.9 Å². The lowest BCUT2D eigenvalue weighted by Gasteiger charge is -2.68. The molecule has 4 aliphatic rings. The molecule has 4 saturated carbocycles. The van der Waals surface area contributed by atoms with E-state index in [9.17, 15) is 24.3 Å². The smallest absolute Gasteiger partial charge is 0.303 e. The molecule has 4 rings (SSSR count). The van der Waals surface area contributed by atoms with Crippen LogP contribution in [0.5, 0.6) is 0 Å². The number of aliphatic carboxylic acids is 1. The van der Waals surface area contributed by atoms with Crippen LogP contribution in [0.2, 0.25) is 0 Å². The average Bonchev–Trinajstić information content (AvgIpc) is 2.85. The number of carboxylic acids is 1. The number of carbonyl (C=O) groups excluding carboxylic acids is 3. The van der Waals surface area contributed by atoms with Crippen molar-refractivity contribution >= 4 is 23.7 Å². The second kappa shape index (κ2) is 10.4. The molecule has 0 heterocycles. The van der Waals surface area contributed by atoms with Gasteiger partial charge in [-0.2, -0.15) is 0 Å². The van der Waals surface area contributed by atoms with Crippen LogP contribution in [0.15, 0.2) is 0 Å². The van der Waals surface area contributed by atoms with Crippen LogP contribution in [0.4, 0.5) is 0 Å². The van der Waals surface area contributed by atoms with E-state index < -0.39 is 16.8 Å². The largest absolute Gasteiger partial charge is 0.481 e. The molecule has 1 unspecified atom stereocenters. The number of hydrogen-bond acceptors (Lipinski definition) is 6. The molecule has 0 bridgehead atoms. The van der Waals surface area contributed by atoms with Crippen molar-refractivity contribution in [1.29, 1.82) is 0 Å². The molecular formula is C34H54O7. The molecule has 7 heteroatoms. The van der Waals surface area contributed by atoms with Gasteiger partial charge in [0.15, 0.2) is 0 Å². The number of ketones is 1. The monoisotopic (exact) mass is 574 g/mol. The lowest BCUT2D eigenvalue weighted by Crippen LogP contribution is -2.66. The van der Waals surface area contributed by atoms with E-state index in [0.29, 0.717) is 12.8 Å². The van der Waals surface area contributed by atoms with Gasteiger partial charge in [-0.3, -0.25) is 19.2 Å². The van der Waals surface area contributed by atoms with Gasteiger partial charge >= 0.3 is 17.9 Å². The van der Waals surface area contributed by atoms with Gasteiger partial charge < -0.3 is 14.6 Å². The van der Waals surface area contributed by atoms with E-state index in [1.165, 1.54) is 13.8 Å². The summed E-state index contributed by atoms with van der Waals surface area (Å²) < 4.78 is 11.4. The van der Waals surface area contributed by atoms with Gasteiger partial charge in [-0.05, 0) is 85.9 Å². The Kier molecular flexibility index (Phi) is 8.09. The van der Waals surface area contributed by atoms with Crippen LogP contribution >= 0.6 is 0 Å². The van der Waals surface area contributed by atoms with E-state index >= 15 is 0 Å². The van der Waals surface area contributed by atoms with Crippen LogP contribution in [0.25, 0.3) is 0 Å². The van der Waals surface area contributed by atoms with E-state index in [4.69, 9.17) is 9.47 Å². The van der Waals surface area contributed by atoms with E-state index in [1.54, 1.807) is 0 Å². The topological polar surface area (TPSA) is 107 Å². The normalized spacial score (nSPS) is 43.3. The summed E-state index contributed by atoms with van der Waals surface area (Å²) >= 11 is 0. The van der Waals surface area contributed by atoms with Crippen molar-refractivity contribution in [2.24, 2.45) is 50.2 Å². The lowest BCUT2D eigenvalue weighted by atomic mass is 9.36. The molecule has 8 atom stereocenters. The maximum absolute atomic E-state index is 15.0. The first kappa shape index (κ1) is 32.0.